The highest BCUT2D eigenvalue weighted by atomic mass is 16.6. The van der Waals surface area contributed by atoms with Crippen LogP contribution in [0.25, 0.3) is 6.08 Å². The van der Waals surface area contributed by atoms with E-state index in [2.05, 4.69) is 4.98 Å². The molecule has 0 amide bonds. The van der Waals surface area contributed by atoms with Crippen LogP contribution < -0.4 is 0 Å². The van der Waals surface area contributed by atoms with Gasteiger partial charge in [0.05, 0.1) is 45.3 Å². The van der Waals surface area contributed by atoms with Crippen LogP contribution in [0.3, 0.4) is 0 Å². The molecule has 25 heavy (non-hydrogen) atoms. The monoisotopic (exact) mass is 351 g/mol. The molecular weight excluding hydrogens is 330 g/mol. The number of hydrogen-bond donors (Lipinski definition) is 0. The van der Waals surface area contributed by atoms with Crippen LogP contribution in [0.2, 0.25) is 0 Å². The molecule has 0 aromatic carbocycles. The van der Waals surface area contributed by atoms with E-state index < -0.39 is 11.9 Å². The fraction of sp³-hybridized carbons (Fsp3) is 0.471. The van der Waals surface area contributed by atoms with Gasteiger partial charge in [-0.05, 0) is 18.2 Å². The molecule has 0 saturated carbocycles. The number of carbonyl (C=O) groups excluding carboxylic acids is 2. The van der Waals surface area contributed by atoms with Gasteiger partial charge in [0, 0.05) is 6.20 Å². The van der Waals surface area contributed by atoms with Crippen LogP contribution in [-0.4, -0.2) is 69.8 Å². The Kier molecular flexibility index (Phi) is 8.60. The Morgan fingerprint density at radius 1 is 0.760 bits per heavy atom. The second kappa shape index (κ2) is 11.3. The normalized spacial score (nSPS) is 19.0. The van der Waals surface area contributed by atoms with E-state index in [9.17, 15) is 9.59 Å². The van der Waals surface area contributed by atoms with Crippen molar-refractivity contribution in [3.63, 3.8) is 0 Å². The molecule has 0 bridgehead atoms. The summed E-state index contributed by atoms with van der Waals surface area (Å²) in [4.78, 5) is 28.4. The Morgan fingerprint density at radius 3 is 1.76 bits per heavy atom. The highest BCUT2D eigenvalue weighted by molar-refractivity contribution is 6.17. The van der Waals surface area contributed by atoms with Crippen LogP contribution in [-0.2, 0) is 33.3 Å². The van der Waals surface area contributed by atoms with Gasteiger partial charge in [0.1, 0.15) is 18.8 Å². The van der Waals surface area contributed by atoms with E-state index in [-0.39, 0.29) is 32.0 Å². The molecule has 1 fully saturated rings. The van der Waals surface area contributed by atoms with Crippen molar-refractivity contribution < 1.29 is 33.3 Å². The number of carbonyl (C=O) groups is 2. The molecule has 0 spiro atoms. The van der Waals surface area contributed by atoms with Crippen LogP contribution in [0, 0.1) is 0 Å². The number of hydrogen-bond acceptors (Lipinski definition) is 8. The van der Waals surface area contributed by atoms with Crippen molar-refractivity contribution in [1.29, 1.82) is 0 Å². The number of cyclic esters (lactones) is 2. The number of pyridine rings is 1. The largest absolute Gasteiger partial charge is 0.459 e. The van der Waals surface area contributed by atoms with Gasteiger partial charge in [-0.3, -0.25) is 4.98 Å². The minimum atomic E-state index is -0.788. The lowest BCUT2D eigenvalue weighted by Crippen LogP contribution is -2.22. The van der Waals surface area contributed by atoms with Crippen molar-refractivity contribution in [3.8, 4) is 0 Å². The quantitative estimate of drug-likeness (QED) is 0.413. The molecule has 1 aromatic heterocycles. The van der Waals surface area contributed by atoms with Crippen molar-refractivity contribution in [1.82, 2.24) is 4.98 Å². The summed E-state index contributed by atoms with van der Waals surface area (Å²) in [6, 6.07) is 5.14. The fourth-order valence-corrected chi connectivity index (χ4v) is 1.89. The van der Waals surface area contributed by atoms with Gasteiger partial charge in [-0.25, -0.2) is 9.59 Å². The van der Waals surface area contributed by atoms with E-state index in [1.54, 1.807) is 24.4 Å². The minimum Gasteiger partial charge on any atom is -0.459 e. The lowest BCUT2D eigenvalue weighted by atomic mass is 10.2. The molecule has 1 aromatic rings. The summed E-state index contributed by atoms with van der Waals surface area (Å²) in [7, 11) is 0. The summed E-state index contributed by atoms with van der Waals surface area (Å²) < 4.78 is 26.0. The van der Waals surface area contributed by atoms with Crippen LogP contribution >= 0.6 is 0 Å². The first-order valence-electron chi connectivity index (χ1n) is 7.97. The summed E-state index contributed by atoms with van der Waals surface area (Å²) in [5, 5.41) is 0. The van der Waals surface area contributed by atoms with Crippen molar-refractivity contribution in [2.45, 2.75) is 0 Å². The van der Waals surface area contributed by atoms with Crippen molar-refractivity contribution in [2.24, 2.45) is 0 Å². The topological polar surface area (TPSA) is 93.2 Å². The summed E-state index contributed by atoms with van der Waals surface area (Å²) in [5.74, 6) is -1.58. The Hall–Kier alpha value is -2.29. The Balaban J connectivity index is 2.04. The first kappa shape index (κ1) is 19.0. The van der Waals surface area contributed by atoms with Gasteiger partial charge in [0.2, 0.25) is 0 Å². The number of nitrogens with zero attached hydrogens (tertiary/aromatic N) is 1. The number of ether oxygens (including phenoxy) is 5. The van der Waals surface area contributed by atoms with E-state index in [4.69, 9.17) is 23.7 Å². The van der Waals surface area contributed by atoms with Gasteiger partial charge in [0.25, 0.3) is 0 Å². The number of esters is 2. The van der Waals surface area contributed by atoms with Crippen molar-refractivity contribution in [2.75, 3.05) is 52.9 Å². The molecule has 8 heteroatoms. The van der Waals surface area contributed by atoms with Gasteiger partial charge in [0.15, 0.2) is 0 Å². The predicted molar refractivity (Wildman–Crippen MR) is 86.6 cm³/mol. The maximum atomic E-state index is 12.2. The van der Waals surface area contributed by atoms with E-state index in [0.717, 1.165) is 0 Å². The average Bonchev–Trinajstić information content (AvgIpc) is 2.63. The predicted octanol–water partition coefficient (Wildman–Crippen LogP) is 0.615. The lowest BCUT2D eigenvalue weighted by Gasteiger charge is -2.11. The maximum absolute atomic E-state index is 12.2. The molecule has 2 rings (SSSR count). The molecule has 0 radical (unpaired) electrons. The average molecular weight is 351 g/mol. The zero-order chi connectivity index (χ0) is 17.7. The van der Waals surface area contributed by atoms with Crippen molar-refractivity contribution in [3.05, 3.63) is 35.7 Å². The molecule has 0 aliphatic carbocycles. The summed E-state index contributed by atoms with van der Waals surface area (Å²) in [5.41, 5.74) is 0.222. The van der Waals surface area contributed by atoms with E-state index >= 15 is 0 Å². The second-order valence-electron chi connectivity index (χ2n) is 4.92. The Bertz CT molecular complexity index is 546. The molecule has 8 nitrogen and oxygen atoms in total. The van der Waals surface area contributed by atoms with E-state index in [1.165, 1.54) is 6.08 Å². The molecular formula is C17H21NO7. The van der Waals surface area contributed by atoms with Crippen LogP contribution in [0.4, 0.5) is 0 Å². The third-order valence-electron chi connectivity index (χ3n) is 3.09. The molecule has 2 heterocycles. The Morgan fingerprint density at radius 2 is 1.28 bits per heavy atom. The highest BCUT2D eigenvalue weighted by Gasteiger charge is 2.22. The van der Waals surface area contributed by atoms with Crippen LogP contribution in [0.15, 0.2) is 30.0 Å². The molecule has 136 valence electrons. The van der Waals surface area contributed by atoms with Crippen LogP contribution in [0.1, 0.15) is 5.69 Å². The van der Waals surface area contributed by atoms with Gasteiger partial charge < -0.3 is 23.7 Å². The lowest BCUT2D eigenvalue weighted by molar-refractivity contribution is -0.149. The van der Waals surface area contributed by atoms with Gasteiger partial charge in [-0.2, -0.15) is 0 Å². The molecule has 0 unspecified atom stereocenters. The maximum Gasteiger partial charge on any atom is 0.345 e. The zero-order valence-electron chi connectivity index (χ0n) is 13.8. The first-order valence-corrected chi connectivity index (χ1v) is 7.97. The zero-order valence-corrected chi connectivity index (χ0v) is 13.8. The minimum absolute atomic E-state index is 0.0226. The first-order chi connectivity index (χ1) is 12.3. The SMILES string of the molecule is O=C1OCCOCCOCCOCCOC(=O)C1=Cc1ccccn1. The molecule has 0 atom stereocenters. The van der Waals surface area contributed by atoms with Gasteiger partial charge >= 0.3 is 11.9 Å². The standard InChI is InChI=1S/C17H21NO7/c19-16-15(13-14-3-1-2-4-18-14)17(20)25-12-10-23-8-6-21-5-7-22-9-11-24-16/h1-4,13H,5-12H2. The molecule has 0 N–H and O–H groups in total. The molecule has 1 saturated heterocycles. The fourth-order valence-electron chi connectivity index (χ4n) is 1.89. The third kappa shape index (κ3) is 7.42. The molecule has 1 aliphatic heterocycles. The smallest absolute Gasteiger partial charge is 0.345 e. The highest BCUT2D eigenvalue weighted by Crippen LogP contribution is 2.08. The number of rotatable bonds is 1. The Labute approximate surface area is 145 Å². The van der Waals surface area contributed by atoms with E-state index in [1.807, 2.05) is 0 Å². The van der Waals surface area contributed by atoms with Crippen molar-refractivity contribution >= 4 is 18.0 Å². The van der Waals surface area contributed by atoms with Crippen LogP contribution in [0.5, 0.6) is 0 Å². The summed E-state index contributed by atoms with van der Waals surface area (Å²) in [6.45, 7) is 2.08. The molecule has 1 aliphatic rings. The summed E-state index contributed by atoms with van der Waals surface area (Å²) >= 11 is 0. The van der Waals surface area contributed by atoms with Gasteiger partial charge in [-0.1, -0.05) is 6.07 Å². The second-order valence-corrected chi connectivity index (χ2v) is 4.92. The van der Waals surface area contributed by atoms with Gasteiger partial charge in [-0.15, -0.1) is 0 Å². The third-order valence-corrected chi connectivity index (χ3v) is 3.09. The number of aromatic nitrogens is 1. The van der Waals surface area contributed by atoms with E-state index in [0.29, 0.717) is 32.1 Å². The summed E-state index contributed by atoms with van der Waals surface area (Å²) in [6.07, 6.45) is 2.89.